The lowest BCUT2D eigenvalue weighted by Gasteiger charge is -2.07. The number of thioether (sulfide) groups is 1. The van der Waals surface area contributed by atoms with Gasteiger partial charge in [-0.05, 0) is 43.7 Å². The Morgan fingerprint density at radius 2 is 1.97 bits per heavy atom. The fourth-order valence-electron chi connectivity index (χ4n) is 3.03. The first-order chi connectivity index (χ1) is 14.5. The summed E-state index contributed by atoms with van der Waals surface area (Å²) in [6.45, 7) is 3.95. The van der Waals surface area contributed by atoms with E-state index in [-0.39, 0.29) is 11.7 Å². The Morgan fingerprint density at radius 3 is 2.77 bits per heavy atom. The van der Waals surface area contributed by atoms with Gasteiger partial charge in [0.2, 0.25) is 5.91 Å². The smallest absolute Gasteiger partial charge is 0.234 e. The van der Waals surface area contributed by atoms with Gasteiger partial charge in [0.1, 0.15) is 22.0 Å². The average molecular weight is 437 g/mol. The molecule has 0 radical (unpaired) electrons. The lowest BCUT2D eigenvalue weighted by molar-refractivity contribution is -0.113. The van der Waals surface area contributed by atoms with Crippen molar-refractivity contribution >= 4 is 44.9 Å². The number of hydrogen-bond donors (Lipinski definition) is 1. The van der Waals surface area contributed by atoms with Crippen LogP contribution in [0.15, 0.2) is 53.6 Å². The number of nitrogens with one attached hydrogen (secondary N) is 1. The van der Waals surface area contributed by atoms with Gasteiger partial charge in [-0.25, -0.2) is 4.98 Å². The predicted octanol–water partition coefficient (Wildman–Crippen LogP) is 5.11. The summed E-state index contributed by atoms with van der Waals surface area (Å²) in [5, 5.41) is 13.3. The minimum Gasteiger partial charge on any atom is -0.497 e. The molecule has 2 aromatic carbocycles. The van der Waals surface area contributed by atoms with Crippen LogP contribution in [0.5, 0.6) is 5.75 Å². The molecule has 0 fully saturated rings. The Balaban J connectivity index is 1.57. The first-order valence-electron chi connectivity index (χ1n) is 9.31. The number of carbonyl (C=O) groups excluding carboxylic acids is 1. The number of aromatic nitrogens is 3. The molecule has 0 aliphatic heterocycles. The van der Waals surface area contributed by atoms with Gasteiger partial charge >= 0.3 is 0 Å². The number of ether oxygens (including phenoxy) is 1. The molecule has 0 bridgehead atoms. The van der Waals surface area contributed by atoms with Crippen LogP contribution in [0.4, 0.5) is 5.69 Å². The van der Waals surface area contributed by atoms with Crippen molar-refractivity contribution in [3.63, 3.8) is 0 Å². The van der Waals surface area contributed by atoms with E-state index in [1.807, 2.05) is 62.4 Å². The predicted molar refractivity (Wildman–Crippen MR) is 122 cm³/mol. The van der Waals surface area contributed by atoms with Crippen molar-refractivity contribution in [2.75, 3.05) is 18.2 Å². The summed E-state index contributed by atoms with van der Waals surface area (Å²) in [5.74, 6) is 0.895. The standard InChI is InChI=1S/C22H20N4O2S2/c1-13-6-4-8-16(10-13)24-18(27)12-29-22-20-21(30-14(2)23-20)19(25-26-22)15-7-5-9-17(11-15)28-3/h4-11H,12H2,1-3H3,(H,24,27). The fraction of sp³-hybridized carbons (Fsp3) is 0.182. The molecule has 0 aliphatic carbocycles. The maximum atomic E-state index is 12.4. The molecule has 0 saturated carbocycles. The monoisotopic (exact) mass is 436 g/mol. The molecule has 4 aromatic rings. The molecule has 1 amide bonds. The molecule has 8 heteroatoms. The summed E-state index contributed by atoms with van der Waals surface area (Å²) in [5.41, 5.74) is 4.35. The molecule has 0 saturated heterocycles. The third kappa shape index (κ3) is 4.44. The van der Waals surface area contributed by atoms with Crippen molar-refractivity contribution in [3.05, 3.63) is 59.1 Å². The van der Waals surface area contributed by atoms with Crippen LogP contribution < -0.4 is 10.1 Å². The van der Waals surface area contributed by atoms with Gasteiger partial charge in [-0.15, -0.1) is 21.5 Å². The number of rotatable bonds is 6. The first kappa shape index (κ1) is 20.3. The van der Waals surface area contributed by atoms with E-state index in [1.165, 1.54) is 11.8 Å². The zero-order valence-electron chi connectivity index (χ0n) is 16.8. The number of benzene rings is 2. The SMILES string of the molecule is COc1cccc(-c2nnc(SCC(=O)Nc3cccc(C)c3)c3nc(C)sc23)c1. The molecule has 30 heavy (non-hydrogen) atoms. The van der Waals surface area contributed by atoms with Crippen molar-refractivity contribution in [1.29, 1.82) is 0 Å². The van der Waals surface area contributed by atoms with Gasteiger partial charge in [0.25, 0.3) is 0 Å². The van der Waals surface area contributed by atoms with E-state index < -0.39 is 0 Å². The molecule has 0 aliphatic rings. The van der Waals surface area contributed by atoms with Gasteiger partial charge in [-0.2, -0.15) is 0 Å². The van der Waals surface area contributed by atoms with E-state index in [1.54, 1.807) is 18.4 Å². The minimum absolute atomic E-state index is 0.0932. The van der Waals surface area contributed by atoms with Crippen molar-refractivity contribution in [1.82, 2.24) is 15.2 Å². The summed E-state index contributed by atoms with van der Waals surface area (Å²) in [6, 6.07) is 15.4. The highest BCUT2D eigenvalue weighted by Crippen LogP contribution is 2.36. The van der Waals surface area contributed by atoms with E-state index >= 15 is 0 Å². The second-order valence-electron chi connectivity index (χ2n) is 6.70. The molecule has 6 nitrogen and oxygen atoms in total. The zero-order chi connectivity index (χ0) is 21.1. The number of anilines is 1. The zero-order valence-corrected chi connectivity index (χ0v) is 18.4. The summed E-state index contributed by atoms with van der Waals surface area (Å²) >= 11 is 2.91. The number of methoxy groups -OCH3 is 1. The Bertz CT molecular complexity index is 1220. The van der Waals surface area contributed by atoms with Crippen LogP contribution in [0, 0.1) is 13.8 Å². The van der Waals surface area contributed by atoms with Crippen LogP contribution in [-0.4, -0.2) is 34.0 Å². The van der Waals surface area contributed by atoms with Crippen LogP contribution in [-0.2, 0) is 4.79 Å². The maximum Gasteiger partial charge on any atom is 0.234 e. The minimum atomic E-state index is -0.0932. The number of carbonyl (C=O) groups is 1. The van der Waals surface area contributed by atoms with Gasteiger partial charge in [0.15, 0.2) is 0 Å². The summed E-state index contributed by atoms with van der Waals surface area (Å²) in [6.07, 6.45) is 0. The van der Waals surface area contributed by atoms with Crippen LogP contribution in [0.3, 0.4) is 0 Å². The third-order valence-electron chi connectivity index (χ3n) is 4.38. The van der Waals surface area contributed by atoms with Crippen LogP contribution >= 0.6 is 23.1 Å². The van der Waals surface area contributed by atoms with Gasteiger partial charge in [0.05, 0.1) is 22.6 Å². The molecule has 1 N–H and O–H groups in total. The third-order valence-corrected chi connectivity index (χ3v) is 6.31. The molecule has 2 aromatic heterocycles. The topological polar surface area (TPSA) is 77.0 Å². The molecular weight excluding hydrogens is 416 g/mol. The Hall–Kier alpha value is -2.97. The molecule has 0 unspecified atom stereocenters. The van der Waals surface area contributed by atoms with E-state index in [4.69, 9.17) is 4.74 Å². The molecule has 152 valence electrons. The van der Waals surface area contributed by atoms with Crippen LogP contribution in [0.1, 0.15) is 10.6 Å². The average Bonchev–Trinajstić information content (AvgIpc) is 3.13. The number of amides is 1. The summed E-state index contributed by atoms with van der Waals surface area (Å²) < 4.78 is 6.29. The lowest BCUT2D eigenvalue weighted by atomic mass is 10.1. The molecule has 2 heterocycles. The number of fused-ring (bicyclic) bond motifs is 1. The first-order valence-corrected chi connectivity index (χ1v) is 11.1. The Kier molecular flexibility index (Phi) is 5.96. The van der Waals surface area contributed by atoms with E-state index in [2.05, 4.69) is 20.5 Å². The van der Waals surface area contributed by atoms with E-state index in [0.717, 1.165) is 43.5 Å². The number of thiazole rings is 1. The second kappa shape index (κ2) is 8.81. The van der Waals surface area contributed by atoms with Crippen LogP contribution in [0.2, 0.25) is 0 Å². The van der Waals surface area contributed by atoms with E-state index in [9.17, 15) is 4.79 Å². The van der Waals surface area contributed by atoms with Crippen molar-refractivity contribution in [2.45, 2.75) is 18.9 Å². The van der Waals surface area contributed by atoms with Crippen molar-refractivity contribution in [3.8, 4) is 17.0 Å². The lowest BCUT2D eigenvalue weighted by Crippen LogP contribution is -2.14. The Morgan fingerprint density at radius 1 is 1.13 bits per heavy atom. The summed E-state index contributed by atoms with van der Waals surface area (Å²) in [4.78, 5) is 17.0. The van der Waals surface area contributed by atoms with Gasteiger partial charge in [0, 0.05) is 11.3 Å². The Labute approximate surface area is 182 Å². The largest absolute Gasteiger partial charge is 0.497 e. The quantitative estimate of drug-likeness (QED) is 0.423. The van der Waals surface area contributed by atoms with E-state index in [0.29, 0.717) is 5.03 Å². The molecule has 0 spiro atoms. The highest BCUT2D eigenvalue weighted by atomic mass is 32.2. The maximum absolute atomic E-state index is 12.4. The highest BCUT2D eigenvalue weighted by Gasteiger charge is 2.17. The van der Waals surface area contributed by atoms with Crippen molar-refractivity contribution < 1.29 is 9.53 Å². The highest BCUT2D eigenvalue weighted by molar-refractivity contribution is 8.00. The molecule has 0 atom stereocenters. The van der Waals surface area contributed by atoms with Gasteiger partial charge < -0.3 is 10.1 Å². The fourth-order valence-corrected chi connectivity index (χ4v) is 4.75. The van der Waals surface area contributed by atoms with Crippen molar-refractivity contribution in [2.24, 2.45) is 0 Å². The molecular formula is C22H20N4O2S2. The van der Waals surface area contributed by atoms with Gasteiger partial charge in [-0.3, -0.25) is 4.79 Å². The number of nitrogens with zero attached hydrogens (tertiary/aromatic N) is 3. The second-order valence-corrected chi connectivity index (χ2v) is 8.87. The van der Waals surface area contributed by atoms with Gasteiger partial charge in [-0.1, -0.05) is 36.0 Å². The molecule has 4 rings (SSSR count). The normalized spacial score (nSPS) is 10.9. The number of hydrogen-bond acceptors (Lipinski definition) is 7. The number of aryl methyl sites for hydroxylation is 2. The van der Waals surface area contributed by atoms with Crippen LogP contribution in [0.25, 0.3) is 21.5 Å². The summed E-state index contributed by atoms with van der Waals surface area (Å²) in [7, 11) is 1.64.